The maximum atomic E-state index is 12.2. The van der Waals surface area contributed by atoms with E-state index in [4.69, 9.17) is 62.9 Å². The first-order chi connectivity index (χ1) is 45.2. The minimum atomic E-state index is -1.14. The van der Waals surface area contributed by atoms with E-state index in [9.17, 15) is 33.9 Å². The predicted octanol–water partition coefficient (Wildman–Crippen LogP) is 11.4. The quantitative estimate of drug-likeness (QED) is 0.0325. The standard InChI is InChI=1S/C42H82N4O16.C18H36O2.C4H8O.3C2H6/c1-38(43)9-5-6-13-44-40(48)12-17-54-21-25-58-29-32-61-34-36-62-35-33-60-31-28-57-24-20-53-16-8-4-7-15-52-19-23-56-27-30-59-26-22-55-18-14-45(2)41(49)11-10-39(42(50)51)46(3)37-47;1-2-3-4-5-6-7-8-9-10-11-12-13-14-15-16-17-18(19)20;1-4(2)3-5;3*1-2/h37-39H,4-36,43H2,1-3H3,(H,44,48)(H,50,51);2-17H2,1H3,(H,19,20);3-4H,1-2H3;3*1-2H3. The fraction of sp³-hybridized carbons (Fsp3) is 0.914. The van der Waals surface area contributed by atoms with Gasteiger partial charge in [0.15, 0.2) is 0 Å². The summed E-state index contributed by atoms with van der Waals surface area (Å²) in [6, 6.07) is -0.826. The first-order valence-corrected chi connectivity index (χ1v) is 35.9. The van der Waals surface area contributed by atoms with Gasteiger partial charge in [0.05, 0.1) is 132 Å². The lowest BCUT2D eigenvalue weighted by Gasteiger charge is -2.22. The molecule has 0 aliphatic carbocycles. The van der Waals surface area contributed by atoms with E-state index in [0.717, 1.165) is 62.6 Å². The van der Waals surface area contributed by atoms with Gasteiger partial charge in [-0.25, -0.2) is 4.79 Å². The van der Waals surface area contributed by atoms with E-state index < -0.39 is 18.0 Å². The van der Waals surface area contributed by atoms with E-state index >= 15 is 0 Å². The number of carboxylic acids is 2. The molecule has 0 radical (unpaired) electrons. The number of amides is 3. The topological polar surface area (TPSA) is 289 Å². The molecule has 5 N–H and O–H groups in total. The van der Waals surface area contributed by atoms with Gasteiger partial charge in [0.25, 0.3) is 0 Å². The number of carboxylic acid groups (broad SMARTS) is 2. The summed E-state index contributed by atoms with van der Waals surface area (Å²) >= 11 is 0. The number of aliphatic carboxylic acids is 2. The third-order valence-corrected chi connectivity index (χ3v) is 13.1. The van der Waals surface area contributed by atoms with Crippen molar-refractivity contribution in [3.8, 4) is 0 Å². The number of hydrogen-bond donors (Lipinski definition) is 4. The van der Waals surface area contributed by atoms with Crippen LogP contribution < -0.4 is 11.1 Å². The smallest absolute Gasteiger partial charge is 0.326 e. The van der Waals surface area contributed by atoms with Gasteiger partial charge >= 0.3 is 11.9 Å². The van der Waals surface area contributed by atoms with E-state index in [1.807, 2.05) is 62.3 Å². The number of carbonyl (C=O) groups is 6. The molecule has 0 aromatic carbocycles. The number of rotatable bonds is 67. The Hall–Kier alpha value is -3.46. The lowest BCUT2D eigenvalue weighted by molar-refractivity contribution is -0.146. The molecular weight excluding hydrogens is 1200 g/mol. The molecule has 93 heavy (non-hydrogen) atoms. The van der Waals surface area contributed by atoms with Gasteiger partial charge in [0.2, 0.25) is 18.2 Å². The van der Waals surface area contributed by atoms with Crippen molar-refractivity contribution in [3.05, 3.63) is 0 Å². The molecule has 23 heteroatoms. The van der Waals surface area contributed by atoms with Crippen molar-refractivity contribution in [2.75, 3.05) is 173 Å². The van der Waals surface area contributed by atoms with Crippen molar-refractivity contribution in [3.63, 3.8) is 0 Å². The molecule has 0 heterocycles. The van der Waals surface area contributed by atoms with E-state index in [0.29, 0.717) is 178 Å². The molecule has 0 rings (SSSR count). The molecule has 2 atom stereocenters. The number of nitrogens with zero attached hydrogens (tertiary/aromatic N) is 2. The molecule has 558 valence electrons. The van der Waals surface area contributed by atoms with Crippen LogP contribution in [0, 0.1) is 5.92 Å². The summed E-state index contributed by atoms with van der Waals surface area (Å²) < 4.78 is 60.6. The molecular formula is C70H144N4O19. The van der Waals surface area contributed by atoms with Gasteiger partial charge in [-0.2, -0.15) is 0 Å². The van der Waals surface area contributed by atoms with Gasteiger partial charge in [0.1, 0.15) is 12.3 Å². The second-order valence-corrected chi connectivity index (χ2v) is 21.8. The second-order valence-electron chi connectivity index (χ2n) is 21.8. The molecule has 0 aromatic rings. The molecule has 0 aliphatic rings. The highest BCUT2D eigenvalue weighted by molar-refractivity contribution is 5.79. The van der Waals surface area contributed by atoms with Crippen molar-refractivity contribution in [1.82, 2.24) is 15.1 Å². The van der Waals surface area contributed by atoms with Gasteiger partial charge in [-0.3, -0.25) is 19.2 Å². The third kappa shape index (κ3) is 95.0. The average molecular weight is 1350 g/mol. The van der Waals surface area contributed by atoms with Gasteiger partial charge in [-0.15, -0.1) is 0 Å². The Kier molecular flexibility index (Phi) is 98.0. The Morgan fingerprint density at radius 3 is 1.06 bits per heavy atom. The van der Waals surface area contributed by atoms with Crippen LogP contribution in [-0.2, 0) is 80.9 Å². The van der Waals surface area contributed by atoms with Gasteiger partial charge in [0, 0.05) is 71.6 Å². The van der Waals surface area contributed by atoms with E-state index in [-0.39, 0.29) is 36.6 Å². The van der Waals surface area contributed by atoms with Gasteiger partial charge in [-0.05, 0) is 51.9 Å². The largest absolute Gasteiger partial charge is 0.481 e. The number of carbonyl (C=O) groups excluding carboxylic acids is 4. The fourth-order valence-electron chi connectivity index (χ4n) is 7.84. The number of nitrogens with two attached hydrogens (primary N) is 1. The molecule has 23 nitrogen and oxygen atoms in total. The summed E-state index contributed by atoms with van der Waals surface area (Å²) in [7, 11) is 3.00. The van der Waals surface area contributed by atoms with Crippen LogP contribution in [0.25, 0.3) is 0 Å². The Morgan fingerprint density at radius 2 is 0.742 bits per heavy atom. The van der Waals surface area contributed by atoms with Crippen LogP contribution >= 0.6 is 0 Å². The zero-order valence-electron chi connectivity index (χ0n) is 61.3. The molecule has 0 aliphatic heterocycles. The number of likely N-dealkylation sites (N-methyl/N-ethyl adjacent to an activating group) is 2. The van der Waals surface area contributed by atoms with Crippen LogP contribution in [0.4, 0.5) is 0 Å². The molecule has 0 spiro atoms. The lowest BCUT2D eigenvalue weighted by Crippen LogP contribution is -2.39. The Bertz CT molecular complexity index is 1490. The molecule has 0 fully saturated rings. The van der Waals surface area contributed by atoms with Crippen molar-refractivity contribution in [2.45, 2.75) is 242 Å². The van der Waals surface area contributed by atoms with E-state index in [1.54, 1.807) is 7.05 Å². The number of nitrogens with one attached hydrogen (secondary N) is 1. The Labute approximate surface area is 566 Å². The van der Waals surface area contributed by atoms with Gasteiger partial charge in [-0.1, -0.05) is 159 Å². The molecule has 3 amide bonds. The van der Waals surface area contributed by atoms with Crippen LogP contribution in [0.1, 0.15) is 230 Å². The number of hydrogen-bond acceptors (Lipinski definition) is 18. The summed E-state index contributed by atoms with van der Waals surface area (Å²) in [4.78, 5) is 68.4. The molecule has 0 saturated carbocycles. The Morgan fingerprint density at radius 1 is 0.419 bits per heavy atom. The highest BCUT2D eigenvalue weighted by Gasteiger charge is 2.23. The van der Waals surface area contributed by atoms with E-state index in [2.05, 4.69) is 12.2 Å². The average Bonchev–Trinajstić information content (AvgIpc) is 1.85. The fourth-order valence-corrected chi connectivity index (χ4v) is 7.84. The zero-order valence-corrected chi connectivity index (χ0v) is 61.3. The van der Waals surface area contributed by atoms with Crippen molar-refractivity contribution in [2.24, 2.45) is 11.7 Å². The molecule has 2 unspecified atom stereocenters. The van der Waals surface area contributed by atoms with Crippen molar-refractivity contribution >= 4 is 36.4 Å². The SMILES string of the molecule is CC.CC.CC.CC(C)C=O.CC(N)CCCCNC(=O)CCOCCOCCOCCOCCOCCOCCOCCCCCOCCOCCOCCOCCN(C)C(=O)CCC(C(=O)O)N(C)C=O.CCCCCCCCCCCCCCCCCC(=O)O. The summed E-state index contributed by atoms with van der Waals surface area (Å²) in [5.41, 5.74) is 5.71. The number of aldehydes is 1. The van der Waals surface area contributed by atoms with Crippen LogP contribution in [-0.4, -0.2) is 241 Å². The van der Waals surface area contributed by atoms with Crippen LogP contribution in [0.5, 0.6) is 0 Å². The van der Waals surface area contributed by atoms with Crippen LogP contribution in [0.2, 0.25) is 0 Å². The Balaban J connectivity index is -0.000000502. The maximum Gasteiger partial charge on any atom is 0.326 e. The normalized spacial score (nSPS) is 11.2. The zero-order chi connectivity index (χ0) is 70.7. The first-order valence-electron chi connectivity index (χ1n) is 35.9. The summed E-state index contributed by atoms with van der Waals surface area (Å²) in [5.74, 6) is -1.81. The van der Waals surface area contributed by atoms with Crippen molar-refractivity contribution < 1.29 is 91.1 Å². The number of unbranched alkanes of at least 4 members (excludes halogenated alkanes) is 17. The molecule has 0 aromatic heterocycles. The minimum Gasteiger partial charge on any atom is -0.481 e. The predicted molar refractivity (Wildman–Crippen MR) is 372 cm³/mol. The van der Waals surface area contributed by atoms with Gasteiger partial charge < -0.3 is 88.0 Å². The van der Waals surface area contributed by atoms with Crippen LogP contribution in [0.15, 0.2) is 0 Å². The monoisotopic (exact) mass is 1350 g/mol. The molecule has 0 bridgehead atoms. The lowest BCUT2D eigenvalue weighted by atomic mass is 10.0. The summed E-state index contributed by atoms with van der Waals surface area (Å²) in [5, 5.41) is 20.6. The highest BCUT2D eigenvalue weighted by atomic mass is 16.6. The highest BCUT2D eigenvalue weighted by Crippen LogP contribution is 2.14. The third-order valence-electron chi connectivity index (χ3n) is 13.1. The summed E-state index contributed by atoms with van der Waals surface area (Å²) in [6.45, 7) is 31.6. The number of ether oxygens (including phenoxy) is 11. The molecule has 0 saturated heterocycles. The minimum absolute atomic E-state index is 0.000143. The maximum absolute atomic E-state index is 12.2. The second kappa shape index (κ2) is 90.6. The van der Waals surface area contributed by atoms with Crippen molar-refractivity contribution in [1.29, 1.82) is 0 Å². The van der Waals surface area contributed by atoms with Crippen LogP contribution in [0.3, 0.4) is 0 Å². The van der Waals surface area contributed by atoms with E-state index in [1.165, 1.54) is 95.4 Å². The summed E-state index contributed by atoms with van der Waals surface area (Å²) in [6.07, 6.45) is 27.8. The first kappa shape index (κ1) is 101.